The second-order valence-corrected chi connectivity index (χ2v) is 5.90. The fourth-order valence-electron chi connectivity index (χ4n) is 3.26. The number of likely N-dealkylation sites (tertiary alicyclic amines) is 1. The monoisotopic (exact) mass is 274 g/mol. The third-order valence-corrected chi connectivity index (χ3v) is 4.63. The lowest BCUT2D eigenvalue weighted by molar-refractivity contribution is -0.105. The van der Waals surface area contributed by atoms with Crippen LogP contribution in [0.25, 0.3) is 0 Å². The summed E-state index contributed by atoms with van der Waals surface area (Å²) >= 11 is 0. The lowest BCUT2D eigenvalue weighted by Crippen LogP contribution is -2.40. The molecule has 0 radical (unpaired) electrons. The second kappa shape index (κ2) is 7.44. The van der Waals surface area contributed by atoms with Crippen LogP contribution in [-0.2, 0) is 11.2 Å². The molecule has 0 aromatic heterocycles. The van der Waals surface area contributed by atoms with Crippen molar-refractivity contribution in [3.05, 3.63) is 29.8 Å². The van der Waals surface area contributed by atoms with E-state index in [-0.39, 0.29) is 0 Å². The van der Waals surface area contributed by atoms with Crippen LogP contribution in [0.15, 0.2) is 24.3 Å². The van der Waals surface area contributed by atoms with Crippen molar-refractivity contribution >= 4 is 12.1 Å². The molecule has 1 fully saturated rings. The first-order valence-electron chi connectivity index (χ1n) is 7.73. The van der Waals surface area contributed by atoms with E-state index < -0.39 is 0 Å². The number of anilines is 1. The highest BCUT2D eigenvalue weighted by molar-refractivity contribution is 5.73. The molecule has 110 valence electrons. The number of rotatable bonds is 6. The number of hydrogen-bond donors (Lipinski definition) is 1. The van der Waals surface area contributed by atoms with Gasteiger partial charge in [0.05, 0.1) is 0 Å². The number of para-hydroxylation sites is 1. The molecule has 0 saturated carbocycles. The van der Waals surface area contributed by atoms with Crippen molar-refractivity contribution in [3.63, 3.8) is 0 Å². The minimum atomic E-state index is 0.682. The zero-order valence-electron chi connectivity index (χ0n) is 12.6. The summed E-state index contributed by atoms with van der Waals surface area (Å²) in [5.74, 6) is 0.875. The van der Waals surface area contributed by atoms with E-state index in [0.29, 0.717) is 6.04 Å². The molecular weight excluding hydrogens is 248 g/mol. The molecule has 1 aromatic carbocycles. The summed E-state index contributed by atoms with van der Waals surface area (Å²) in [5, 5.41) is 2.80. The summed E-state index contributed by atoms with van der Waals surface area (Å²) in [6, 6.07) is 8.78. The summed E-state index contributed by atoms with van der Waals surface area (Å²) in [4.78, 5) is 13.2. The highest BCUT2D eigenvalue weighted by Gasteiger charge is 2.24. The number of benzene rings is 1. The van der Waals surface area contributed by atoms with E-state index in [0.717, 1.165) is 24.4 Å². The van der Waals surface area contributed by atoms with Crippen LogP contribution in [0.5, 0.6) is 0 Å². The van der Waals surface area contributed by atoms with Gasteiger partial charge < -0.3 is 10.2 Å². The molecule has 0 bridgehead atoms. The third kappa shape index (κ3) is 3.83. The molecule has 1 heterocycles. The van der Waals surface area contributed by atoms with Crippen LogP contribution in [0, 0.1) is 5.92 Å². The molecule has 1 aliphatic heterocycles. The number of aryl methyl sites for hydroxylation is 1. The largest absolute Gasteiger partial charge is 0.328 e. The Kier molecular flexibility index (Phi) is 5.60. The summed E-state index contributed by atoms with van der Waals surface area (Å²) in [6.45, 7) is 3.52. The summed E-state index contributed by atoms with van der Waals surface area (Å²) in [5.41, 5.74) is 2.19. The van der Waals surface area contributed by atoms with Gasteiger partial charge in [-0.05, 0) is 50.3 Å². The summed E-state index contributed by atoms with van der Waals surface area (Å²) in [7, 11) is 2.25. The van der Waals surface area contributed by atoms with Crippen molar-refractivity contribution in [2.75, 3.05) is 18.9 Å². The fourth-order valence-corrected chi connectivity index (χ4v) is 3.26. The van der Waals surface area contributed by atoms with Crippen LogP contribution in [0.4, 0.5) is 5.69 Å². The molecule has 1 saturated heterocycles. The SMILES string of the molecule is CC[C@H]1CC[C@H](CCc2ccccc2NC=O)N(C)C1. The van der Waals surface area contributed by atoms with Crippen molar-refractivity contribution < 1.29 is 4.79 Å². The summed E-state index contributed by atoms with van der Waals surface area (Å²) < 4.78 is 0. The lowest BCUT2D eigenvalue weighted by atomic mass is 9.88. The van der Waals surface area contributed by atoms with Gasteiger partial charge in [0.15, 0.2) is 0 Å². The molecule has 2 rings (SSSR count). The van der Waals surface area contributed by atoms with E-state index in [4.69, 9.17) is 0 Å². The number of carbonyl (C=O) groups excluding carboxylic acids is 1. The molecule has 1 aromatic rings. The minimum absolute atomic E-state index is 0.682. The maximum absolute atomic E-state index is 10.6. The van der Waals surface area contributed by atoms with Gasteiger partial charge in [-0.25, -0.2) is 0 Å². The Labute approximate surface area is 122 Å². The van der Waals surface area contributed by atoms with Crippen LogP contribution < -0.4 is 5.32 Å². The second-order valence-electron chi connectivity index (χ2n) is 5.90. The molecular formula is C17H26N2O. The predicted molar refractivity (Wildman–Crippen MR) is 83.9 cm³/mol. The van der Waals surface area contributed by atoms with Gasteiger partial charge in [0.2, 0.25) is 6.41 Å². The molecule has 0 unspecified atom stereocenters. The first-order chi connectivity index (χ1) is 9.74. The standard InChI is InChI=1S/C17H26N2O/c1-3-14-8-10-16(19(2)12-14)11-9-15-6-4-5-7-17(15)18-13-20/h4-7,13-14,16H,3,8-12H2,1-2H3,(H,18,20)/t14-,16+/m0/s1. The molecule has 3 heteroatoms. The van der Waals surface area contributed by atoms with Crippen LogP contribution >= 0.6 is 0 Å². The Morgan fingerprint density at radius 2 is 2.15 bits per heavy atom. The van der Waals surface area contributed by atoms with Crippen molar-refractivity contribution in [1.82, 2.24) is 4.90 Å². The summed E-state index contributed by atoms with van der Waals surface area (Å²) in [6.07, 6.45) is 6.92. The minimum Gasteiger partial charge on any atom is -0.328 e. The number of carbonyl (C=O) groups is 1. The van der Waals surface area contributed by atoms with Gasteiger partial charge in [0.1, 0.15) is 0 Å². The quantitative estimate of drug-likeness (QED) is 0.807. The first-order valence-corrected chi connectivity index (χ1v) is 7.73. The van der Waals surface area contributed by atoms with E-state index in [1.54, 1.807) is 0 Å². The Morgan fingerprint density at radius 1 is 1.35 bits per heavy atom. The lowest BCUT2D eigenvalue weighted by Gasteiger charge is -2.37. The Bertz CT molecular complexity index is 433. The normalized spacial score (nSPS) is 23.5. The number of hydrogen-bond acceptors (Lipinski definition) is 2. The van der Waals surface area contributed by atoms with Gasteiger partial charge >= 0.3 is 0 Å². The van der Waals surface area contributed by atoms with Gasteiger partial charge in [-0.3, -0.25) is 4.79 Å². The highest BCUT2D eigenvalue weighted by atomic mass is 16.1. The van der Waals surface area contributed by atoms with E-state index in [9.17, 15) is 4.79 Å². The van der Waals surface area contributed by atoms with Gasteiger partial charge in [0, 0.05) is 18.3 Å². The number of nitrogens with zero attached hydrogens (tertiary/aromatic N) is 1. The van der Waals surface area contributed by atoms with Gasteiger partial charge in [-0.1, -0.05) is 31.5 Å². The smallest absolute Gasteiger partial charge is 0.211 e. The maximum Gasteiger partial charge on any atom is 0.211 e. The topological polar surface area (TPSA) is 32.3 Å². The van der Waals surface area contributed by atoms with E-state index in [1.165, 1.54) is 37.8 Å². The maximum atomic E-state index is 10.6. The molecule has 1 N–H and O–H groups in total. The van der Waals surface area contributed by atoms with Gasteiger partial charge in [-0.15, -0.1) is 0 Å². The van der Waals surface area contributed by atoms with E-state index in [1.807, 2.05) is 18.2 Å². The molecule has 2 atom stereocenters. The third-order valence-electron chi connectivity index (χ3n) is 4.63. The molecule has 0 spiro atoms. The molecule has 1 amide bonds. The predicted octanol–water partition coefficient (Wildman–Crippen LogP) is 3.31. The number of piperidine rings is 1. The number of amides is 1. The zero-order valence-corrected chi connectivity index (χ0v) is 12.6. The van der Waals surface area contributed by atoms with E-state index >= 15 is 0 Å². The van der Waals surface area contributed by atoms with Crippen LogP contribution in [0.2, 0.25) is 0 Å². The Morgan fingerprint density at radius 3 is 2.85 bits per heavy atom. The van der Waals surface area contributed by atoms with Gasteiger partial charge in [-0.2, -0.15) is 0 Å². The molecule has 3 nitrogen and oxygen atoms in total. The molecule has 20 heavy (non-hydrogen) atoms. The van der Waals surface area contributed by atoms with Crippen molar-refractivity contribution in [3.8, 4) is 0 Å². The fraction of sp³-hybridized carbons (Fsp3) is 0.588. The Balaban J connectivity index is 1.90. The first kappa shape index (κ1) is 15.0. The van der Waals surface area contributed by atoms with Crippen LogP contribution in [0.1, 0.15) is 38.2 Å². The van der Waals surface area contributed by atoms with Crippen LogP contribution in [-0.4, -0.2) is 30.9 Å². The Hall–Kier alpha value is -1.35. The highest BCUT2D eigenvalue weighted by Crippen LogP contribution is 2.26. The van der Waals surface area contributed by atoms with E-state index in [2.05, 4.69) is 30.3 Å². The van der Waals surface area contributed by atoms with Crippen LogP contribution in [0.3, 0.4) is 0 Å². The zero-order chi connectivity index (χ0) is 14.4. The molecule has 0 aliphatic carbocycles. The number of nitrogens with one attached hydrogen (secondary N) is 1. The van der Waals surface area contributed by atoms with Crippen molar-refractivity contribution in [2.24, 2.45) is 5.92 Å². The average molecular weight is 274 g/mol. The van der Waals surface area contributed by atoms with Crippen molar-refractivity contribution in [1.29, 1.82) is 0 Å². The van der Waals surface area contributed by atoms with Crippen molar-refractivity contribution in [2.45, 2.75) is 45.1 Å². The van der Waals surface area contributed by atoms with Gasteiger partial charge in [0.25, 0.3) is 0 Å². The molecule has 1 aliphatic rings. The average Bonchev–Trinajstić information content (AvgIpc) is 2.47.